The van der Waals surface area contributed by atoms with Gasteiger partial charge in [0.25, 0.3) is 0 Å². The van der Waals surface area contributed by atoms with Crippen LogP contribution >= 0.6 is 0 Å². The molecule has 1 rings (SSSR count). The predicted octanol–water partition coefficient (Wildman–Crippen LogP) is 2.33. The summed E-state index contributed by atoms with van der Waals surface area (Å²) in [7, 11) is 0. The quantitative estimate of drug-likeness (QED) is 0.622. The van der Waals surface area contributed by atoms with Crippen LogP contribution in [0.5, 0.6) is 0 Å². The van der Waals surface area contributed by atoms with Crippen LogP contribution in [0.25, 0.3) is 6.08 Å². The molecule has 0 aliphatic rings. The summed E-state index contributed by atoms with van der Waals surface area (Å²) in [6.45, 7) is 5.71. The van der Waals surface area contributed by atoms with Crippen LogP contribution in [0.2, 0.25) is 0 Å². The lowest BCUT2D eigenvalue weighted by atomic mass is 10.0. The fraction of sp³-hybridized carbons (Fsp3) is 0.375. The zero-order valence-corrected chi connectivity index (χ0v) is 12.7. The maximum absolute atomic E-state index is 11.7. The molecule has 0 heterocycles. The molecule has 0 bridgehead atoms. The Morgan fingerprint density at radius 3 is 2.43 bits per heavy atom. The zero-order chi connectivity index (χ0) is 15.9. The number of anilines is 1. The van der Waals surface area contributed by atoms with Gasteiger partial charge in [-0.05, 0) is 44.5 Å². The molecule has 0 aliphatic heterocycles. The summed E-state index contributed by atoms with van der Waals surface area (Å²) in [4.78, 5) is 22.9. The Morgan fingerprint density at radius 1 is 1.29 bits per heavy atom. The standard InChI is InChI=1S/C16H22N2O3/c1-4-21-15(20)10-7-12-5-8-13(9-6-12)18-14(19)11-16(2,3)17/h5-10H,4,11,17H2,1-3H3,(H,18,19). The Labute approximate surface area is 125 Å². The van der Waals surface area contributed by atoms with Crippen molar-refractivity contribution in [1.29, 1.82) is 0 Å². The van der Waals surface area contributed by atoms with Crippen molar-refractivity contribution in [3.63, 3.8) is 0 Å². The third kappa shape index (κ3) is 7.27. The zero-order valence-electron chi connectivity index (χ0n) is 12.7. The molecule has 5 heteroatoms. The van der Waals surface area contributed by atoms with Crippen LogP contribution in [0.3, 0.4) is 0 Å². The van der Waals surface area contributed by atoms with Gasteiger partial charge in [0.2, 0.25) is 5.91 Å². The molecule has 0 atom stereocenters. The minimum absolute atomic E-state index is 0.127. The van der Waals surface area contributed by atoms with E-state index in [9.17, 15) is 9.59 Å². The van der Waals surface area contributed by atoms with Crippen molar-refractivity contribution in [3.05, 3.63) is 35.9 Å². The first-order valence-corrected chi connectivity index (χ1v) is 6.84. The lowest BCUT2D eigenvalue weighted by Gasteiger charge is -2.17. The molecule has 0 spiro atoms. The van der Waals surface area contributed by atoms with Crippen molar-refractivity contribution in [3.8, 4) is 0 Å². The minimum Gasteiger partial charge on any atom is -0.463 e. The van der Waals surface area contributed by atoms with Crippen molar-refractivity contribution < 1.29 is 14.3 Å². The molecule has 0 radical (unpaired) electrons. The van der Waals surface area contributed by atoms with Gasteiger partial charge < -0.3 is 15.8 Å². The topological polar surface area (TPSA) is 81.4 Å². The second-order valence-corrected chi connectivity index (χ2v) is 5.42. The molecular weight excluding hydrogens is 268 g/mol. The number of hydrogen-bond donors (Lipinski definition) is 2. The summed E-state index contributed by atoms with van der Waals surface area (Å²) in [5.74, 6) is -0.502. The largest absolute Gasteiger partial charge is 0.463 e. The van der Waals surface area contributed by atoms with E-state index in [2.05, 4.69) is 5.32 Å². The van der Waals surface area contributed by atoms with Crippen molar-refractivity contribution in [1.82, 2.24) is 0 Å². The molecule has 114 valence electrons. The first kappa shape index (κ1) is 16.9. The molecule has 21 heavy (non-hydrogen) atoms. The van der Waals surface area contributed by atoms with E-state index in [-0.39, 0.29) is 18.3 Å². The summed E-state index contributed by atoms with van der Waals surface area (Å²) < 4.78 is 4.79. The molecule has 3 N–H and O–H groups in total. The van der Waals surface area contributed by atoms with Crippen LogP contribution in [0.15, 0.2) is 30.3 Å². The molecule has 0 aromatic heterocycles. The van der Waals surface area contributed by atoms with Crippen LogP contribution in [0, 0.1) is 0 Å². The second kappa shape index (κ2) is 7.59. The van der Waals surface area contributed by atoms with E-state index in [1.54, 1.807) is 51.1 Å². The highest BCUT2D eigenvalue weighted by molar-refractivity contribution is 5.91. The highest BCUT2D eigenvalue weighted by atomic mass is 16.5. The third-order valence-corrected chi connectivity index (χ3v) is 2.51. The highest BCUT2D eigenvalue weighted by Gasteiger charge is 2.16. The van der Waals surface area contributed by atoms with Gasteiger partial charge in [0.15, 0.2) is 0 Å². The van der Waals surface area contributed by atoms with E-state index in [1.165, 1.54) is 6.08 Å². The van der Waals surface area contributed by atoms with Crippen LogP contribution in [-0.4, -0.2) is 24.0 Å². The average molecular weight is 290 g/mol. The summed E-state index contributed by atoms with van der Waals surface area (Å²) in [6.07, 6.45) is 3.28. The summed E-state index contributed by atoms with van der Waals surface area (Å²) in [6, 6.07) is 7.15. The normalized spacial score (nSPS) is 11.4. The fourth-order valence-electron chi connectivity index (χ4n) is 1.65. The molecule has 1 amide bonds. The minimum atomic E-state index is -0.535. The first-order chi connectivity index (χ1) is 9.80. The number of esters is 1. The van der Waals surface area contributed by atoms with Gasteiger partial charge in [0.05, 0.1) is 6.61 Å². The van der Waals surface area contributed by atoms with Crippen LogP contribution in [0.4, 0.5) is 5.69 Å². The van der Waals surface area contributed by atoms with E-state index in [4.69, 9.17) is 10.5 Å². The van der Waals surface area contributed by atoms with Gasteiger partial charge in [-0.25, -0.2) is 4.79 Å². The van der Waals surface area contributed by atoms with Crippen molar-refractivity contribution in [2.45, 2.75) is 32.7 Å². The van der Waals surface area contributed by atoms with Crippen LogP contribution < -0.4 is 11.1 Å². The Bertz CT molecular complexity index is 513. The van der Waals surface area contributed by atoms with Gasteiger partial charge in [-0.1, -0.05) is 12.1 Å². The first-order valence-electron chi connectivity index (χ1n) is 6.84. The van der Waals surface area contributed by atoms with Gasteiger partial charge in [-0.2, -0.15) is 0 Å². The second-order valence-electron chi connectivity index (χ2n) is 5.42. The molecule has 5 nitrogen and oxygen atoms in total. The predicted molar refractivity (Wildman–Crippen MR) is 83.6 cm³/mol. The van der Waals surface area contributed by atoms with E-state index < -0.39 is 5.54 Å². The molecular formula is C16H22N2O3. The number of nitrogens with one attached hydrogen (secondary N) is 1. The monoisotopic (exact) mass is 290 g/mol. The summed E-state index contributed by atoms with van der Waals surface area (Å²) in [5.41, 5.74) is 6.80. The smallest absolute Gasteiger partial charge is 0.330 e. The van der Waals surface area contributed by atoms with Crippen LogP contribution in [-0.2, 0) is 14.3 Å². The summed E-state index contributed by atoms with van der Waals surface area (Å²) in [5, 5.41) is 2.78. The average Bonchev–Trinajstić information content (AvgIpc) is 2.36. The number of rotatable bonds is 6. The number of ether oxygens (including phenoxy) is 1. The molecule has 1 aromatic rings. The van der Waals surface area contributed by atoms with E-state index in [0.29, 0.717) is 12.3 Å². The lowest BCUT2D eigenvalue weighted by Crippen LogP contribution is -2.36. The number of carbonyl (C=O) groups excluding carboxylic acids is 2. The lowest BCUT2D eigenvalue weighted by molar-refractivity contribution is -0.137. The molecule has 0 unspecified atom stereocenters. The Morgan fingerprint density at radius 2 is 1.90 bits per heavy atom. The highest BCUT2D eigenvalue weighted by Crippen LogP contribution is 2.13. The Kier molecular flexibility index (Phi) is 6.11. The molecule has 0 saturated heterocycles. The number of hydrogen-bond acceptors (Lipinski definition) is 4. The number of carbonyl (C=O) groups is 2. The van der Waals surface area contributed by atoms with Gasteiger partial charge in [0, 0.05) is 23.7 Å². The van der Waals surface area contributed by atoms with E-state index >= 15 is 0 Å². The number of amides is 1. The fourth-order valence-corrected chi connectivity index (χ4v) is 1.65. The van der Waals surface area contributed by atoms with Crippen molar-refractivity contribution >= 4 is 23.6 Å². The van der Waals surface area contributed by atoms with E-state index in [0.717, 1.165) is 5.56 Å². The third-order valence-electron chi connectivity index (χ3n) is 2.51. The SMILES string of the molecule is CCOC(=O)C=Cc1ccc(NC(=O)CC(C)(C)N)cc1. The molecule has 1 aromatic carbocycles. The van der Waals surface area contributed by atoms with Gasteiger partial charge in [-0.15, -0.1) is 0 Å². The van der Waals surface area contributed by atoms with Crippen molar-refractivity contribution in [2.24, 2.45) is 5.73 Å². The van der Waals surface area contributed by atoms with Gasteiger partial charge >= 0.3 is 5.97 Å². The Hall–Kier alpha value is -2.14. The number of nitrogens with two attached hydrogens (primary N) is 1. The maximum Gasteiger partial charge on any atom is 0.330 e. The van der Waals surface area contributed by atoms with Crippen molar-refractivity contribution in [2.75, 3.05) is 11.9 Å². The number of benzene rings is 1. The maximum atomic E-state index is 11.7. The molecule has 0 aliphatic carbocycles. The van der Waals surface area contributed by atoms with Gasteiger partial charge in [0.1, 0.15) is 0 Å². The van der Waals surface area contributed by atoms with Gasteiger partial charge in [-0.3, -0.25) is 4.79 Å². The Balaban J connectivity index is 2.58. The molecule has 0 saturated carbocycles. The van der Waals surface area contributed by atoms with E-state index in [1.807, 2.05) is 0 Å². The van der Waals surface area contributed by atoms with Crippen LogP contribution in [0.1, 0.15) is 32.8 Å². The summed E-state index contributed by atoms with van der Waals surface area (Å²) >= 11 is 0. The molecule has 0 fully saturated rings.